The molecule has 0 saturated carbocycles. The van der Waals surface area contributed by atoms with Gasteiger partial charge in [0.25, 0.3) is 5.91 Å². The molecule has 0 saturated heterocycles. The number of nitrogens with zero attached hydrogens (tertiary/aromatic N) is 2. The third-order valence-corrected chi connectivity index (χ3v) is 3.95. The second-order valence-corrected chi connectivity index (χ2v) is 6.04. The van der Waals surface area contributed by atoms with Crippen LogP contribution in [0.2, 0.25) is 0 Å². The molecular weight excluding hydrogens is 302 g/mol. The van der Waals surface area contributed by atoms with Crippen molar-refractivity contribution in [1.82, 2.24) is 15.2 Å². The number of hydrogen-bond donors (Lipinski definition) is 1. The predicted molar refractivity (Wildman–Crippen MR) is 91.6 cm³/mol. The highest BCUT2D eigenvalue weighted by Crippen LogP contribution is 2.24. The van der Waals surface area contributed by atoms with Crippen LogP contribution < -0.4 is 5.32 Å². The van der Waals surface area contributed by atoms with Gasteiger partial charge in [0.15, 0.2) is 0 Å². The van der Waals surface area contributed by atoms with Gasteiger partial charge in [-0.1, -0.05) is 44.2 Å². The second kappa shape index (κ2) is 6.66. The number of rotatable bonds is 3. The Bertz CT molecular complexity index is 770. The van der Waals surface area contributed by atoms with Gasteiger partial charge in [0.1, 0.15) is 6.04 Å². The lowest BCUT2D eigenvalue weighted by atomic mass is 9.98. The number of pyridine rings is 1. The van der Waals surface area contributed by atoms with Crippen LogP contribution in [-0.2, 0) is 4.79 Å². The molecule has 0 radical (unpaired) electrons. The largest absolute Gasteiger partial charge is 0.322 e. The van der Waals surface area contributed by atoms with Gasteiger partial charge in [0, 0.05) is 18.6 Å². The zero-order valence-corrected chi connectivity index (χ0v) is 13.6. The van der Waals surface area contributed by atoms with Crippen LogP contribution in [0.25, 0.3) is 5.70 Å². The first-order valence-corrected chi connectivity index (χ1v) is 7.88. The molecule has 2 amide bonds. The number of hydrogen-bond acceptors (Lipinski definition) is 3. The van der Waals surface area contributed by atoms with Gasteiger partial charge in [-0.3, -0.25) is 14.6 Å². The molecule has 2 heterocycles. The van der Waals surface area contributed by atoms with E-state index in [2.05, 4.69) is 10.3 Å². The van der Waals surface area contributed by atoms with Crippen molar-refractivity contribution in [2.45, 2.75) is 19.9 Å². The van der Waals surface area contributed by atoms with Gasteiger partial charge < -0.3 is 10.2 Å². The van der Waals surface area contributed by atoms with Crippen molar-refractivity contribution >= 4 is 17.5 Å². The molecule has 1 atom stereocenters. The Kier molecular flexibility index (Phi) is 4.42. The zero-order chi connectivity index (χ0) is 17.1. The summed E-state index contributed by atoms with van der Waals surface area (Å²) in [6.07, 6.45) is 4.85. The molecule has 1 aromatic carbocycles. The number of aromatic nitrogens is 1. The van der Waals surface area contributed by atoms with E-state index in [9.17, 15) is 9.59 Å². The summed E-state index contributed by atoms with van der Waals surface area (Å²) in [5.41, 5.74) is 1.94. The van der Waals surface area contributed by atoms with Gasteiger partial charge in [-0.15, -0.1) is 0 Å². The van der Waals surface area contributed by atoms with Crippen LogP contribution in [0.4, 0.5) is 0 Å². The summed E-state index contributed by atoms with van der Waals surface area (Å²) in [6.45, 7) is 3.85. The fourth-order valence-electron chi connectivity index (χ4n) is 2.80. The SMILES string of the molecule is CC(C)[C@@H]1C(=O)NC(c2ccccc2)=CN1C(=O)c1cccnc1. The average molecular weight is 321 g/mol. The van der Waals surface area contributed by atoms with Gasteiger partial charge >= 0.3 is 0 Å². The summed E-state index contributed by atoms with van der Waals surface area (Å²) < 4.78 is 0. The molecule has 0 unspecified atom stereocenters. The van der Waals surface area contributed by atoms with Crippen molar-refractivity contribution in [1.29, 1.82) is 0 Å². The Morgan fingerprint density at radius 3 is 2.54 bits per heavy atom. The molecule has 1 aromatic heterocycles. The first-order chi connectivity index (χ1) is 11.6. The van der Waals surface area contributed by atoms with E-state index in [-0.39, 0.29) is 17.7 Å². The van der Waals surface area contributed by atoms with Crippen molar-refractivity contribution in [3.05, 3.63) is 72.2 Å². The van der Waals surface area contributed by atoms with Crippen molar-refractivity contribution in [3.8, 4) is 0 Å². The van der Waals surface area contributed by atoms with E-state index in [0.29, 0.717) is 11.3 Å². The van der Waals surface area contributed by atoms with Crippen LogP contribution >= 0.6 is 0 Å². The minimum absolute atomic E-state index is 0.0146. The first-order valence-electron chi connectivity index (χ1n) is 7.88. The third-order valence-electron chi connectivity index (χ3n) is 3.95. The number of amides is 2. The van der Waals surface area contributed by atoms with Crippen LogP contribution in [0.15, 0.2) is 61.1 Å². The Hall–Kier alpha value is -2.95. The number of carbonyl (C=O) groups is 2. The Morgan fingerprint density at radius 1 is 1.17 bits per heavy atom. The molecule has 0 fully saturated rings. The second-order valence-electron chi connectivity index (χ2n) is 6.04. The van der Waals surface area contributed by atoms with E-state index in [1.54, 1.807) is 24.5 Å². The lowest BCUT2D eigenvalue weighted by molar-refractivity contribution is -0.125. The first kappa shape index (κ1) is 15.9. The highest BCUT2D eigenvalue weighted by atomic mass is 16.2. The molecular formula is C19H19N3O2. The predicted octanol–water partition coefficient (Wildman–Crippen LogP) is 2.68. The van der Waals surface area contributed by atoms with E-state index in [0.717, 1.165) is 5.56 Å². The average Bonchev–Trinajstić information content (AvgIpc) is 2.61. The van der Waals surface area contributed by atoms with Crippen molar-refractivity contribution in [2.75, 3.05) is 0 Å². The summed E-state index contributed by atoms with van der Waals surface area (Å²) in [5.74, 6) is -0.423. The molecule has 1 N–H and O–H groups in total. The van der Waals surface area contributed by atoms with Crippen LogP contribution in [0.5, 0.6) is 0 Å². The van der Waals surface area contributed by atoms with E-state index < -0.39 is 6.04 Å². The molecule has 1 aliphatic rings. The summed E-state index contributed by atoms with van der Waals surface area (Å²) >= 11 is 0. The zero-order valence-electron chi connectivity index (χ0n) is 13.6. The topological polar surface area (TPSA) is 62.3 Å². The normalized spacial score (nSPS) is 17.5. The monoisotopic (exact) mass is 321 g/mol. The van der Waals surface area contributed by atoms with Gasteiger partial charge in [0.2, 0.25) is 5.91 Å². The smallest absolute Gasteiger partial charge is 0.260 e. The van der Waals surface area contributed by atoms with Gasteiger partial charge in [-0.25, -0.2) is 0 Å². The number of carbonyl (C=O) groups excluding carboxylic acids is 2. The molecule has 2 aromatic rings. The standard InChI is InChI=1S/C19H19N3O2/c1-13(2)17-18(23)21-16(14-7-4-3-5-8-14)12-22(17)19(24)15-9-6-10-20-11-15/h3-13,17H,1-2H3,(H,21,23)/t17-/m1/s1. The molecule has 5 heteroatoms. The molecule has 1 aliphatic heterocycles. The third kappa shape index (κ3) is 3.06. The number of nitrogens with one attached hydrogen (secondary N) is 1. The minimum atomic E-state index is -0.551. The summed E-state index contributed by atoms with van der Waals surface area (Å²) in [5, 5.41) is 2.91. The maximum absolute atomic E-state index is 12.9. The molecule has 0 aliphatic carbocycles. The quantitative estimate of drug-likeness (QED) is 0.945. The molecule has 24 heavy (non-hydrogen) atoms. The van der Waals surface area contributed by atoms with Crippen molar-refractivity contribution in [3.63, 3.8) is 0 Å². The highest BCUT2D eigenvalue weighted by molar-refractivity contribution is 6.02. The van der Waals surface area contributed by atoms with Gasteiger partial charge in [-0.2, -0.15) is 0 Å². The van der Waals surface area contributed by atoms with Crippen LogP contribution in [0.1, 0.15) is 29.8 Å². The molecule has 122 valence electrons. The van der Waals surface area contributed by atoms with E-state index >= 15 is 0 Å². The van der Waals surface area contributed by atoms with Gasteiger partial charge in [-0.05, 0) is 23.6 Å². The van der Waals surface area contributed by atoms with Crippen LogP contribution in [0, 0.1) is 5.92 Å². The highest BCUT2D eigenvalue weighted by Gasteiger charge is 2.36. The Balaban J connectivity index is 2.03. The summed E-state index contributed by atoms with van der Waals surface area (Å²) in [7, 11) is 0. The maximum atomic E-state index is 12.9. The van der Waals surface area contributed by atoms with E-state index in [4.69, 9.17) is 0 Å². The molecule has 0 bridgehead atoms. The Labute approximate surface area is 141 Å². The van der Waals surface area contributed by atoms with E-state index in [1.165, 1.54) is 11.1 Å². The lowest BCUT2D eigenvalue weighted by Gasteiger charge is -2.35. The molecule has 3 rings (SSSR count). The Morgan fingerprint density at radius 2 is 1.92 bits per heavy atom. The van der Waals surface area contributed by atoms with E-state index in [1.807, 2.05) is 44.2 Å². The fourth-order valence-corrected chi connectivity index (χ4v) is 2.80. The van der Waals surface area contributed by atoms with Crippen molar-refractivity contribution in [2.24, 2.45) is 5.92 Å². The lowest BCUT2D eigenvalue weighted by Crippen LogP contribution is -2.53. The summed E-state index contributed by atoms with van der Waals surface area (Å²) in [4.78, 5) is 31.0. The van der Waals surface area contributed by atoms with Gasteiger partial charge in [0.05, 0.1) is 11.3 Å². The van der Waals surface area contributed by atoms with Crippen LogP contribution in [0.3, 0.4) is 0 Å². The minimum Gasteiger partial charge on any atom is -0.322 e. The van der Waals surface area contributed by atoms with Crippen molar-refractivity contribution < 1.29 is 9.59 Å². The maximum Gasteiger partial charge on any atom is 0.260 e. The summed E-state index contributed by atoms with van der Waals surface area (Å²) in [6, 6.07) is 12.4. The number of benzene rings is 1. The molecule has 0 spiro atoms. The van der Waals surface area contributed by atoms with Crippen LogP contribution in [-0.4, -0.2) is 27.7 Å². The fraction of sp³-hybridized carbons (Fsp3) is 0.211. The molecule has 5 nitrogen and oxygen atoms in total.